The van der Waals surface area contributed by atoms with Crippen molar-refractivity contribution in [2.75, 3.05) is 13.1 Å². The maximum Gasteiger partial charge on any atom is 2.00 e. The number of hydrogen-bond donors (Lipinski definition) is 4. The number of aliphatic hydroxyl groups excluding tert-OH is 2. The standard InChI is InChI=1S/C5H12N2O2.2ClH.Pt/c6-1-3-5(9)4(8)2-7-3;;;/h3-5,7-9H,1-2,6H2;2*1H;/q;;;+2/p-2/t3-,4-,5+;;;/m0.../s1. The normalized spacial score (nSPS) is 32.8. The molecule has 0 spiro atoms. The maximum absolute atomic E-state index is 9.06. The smallest absolute Gasteiger partial charge is 1.00 e. The first-order valence-electron chi connectivity index (χ1n) is 3.05. The second-order valence-corrected chi connectivity index (χ2v) is 2.31. The van der Waals surface area contributed by atoms with Gasteiger partial charge in [0, 0.05) is 19.1 Å². The summed E-state index contributed by atoms with van der Waals surface area (Å²) in [5.41, 5.74) is 5.25. The van der Waals surface area contributed by atoms with Crippen LogP contribution in [0.15, 0.2) is 0 Å². The van der Waals surface area contributed by atoms with Crippen LogP contribution in [0, 0.1) is 0 Å². The molecule has 0 saturated carbocycles. The van der Waals surface area contributed by atoms with E-state index in [9.17, 15) is 0 Å². The maximum atomic E-state index is 9.06. The molecule has 0 amide bonds. The fourth-order valence-electron chi connectivity index (χ4n) is 1.00. The number of nitrogens with one attached hydrogen (secondary N) is 1. The summed E-state index contributed by atoms with van der Waals surface area (Å²) in [4.78, 5) is 0. The Kier molecular flexibility index (Phi) is 13.6. The van der Waals surface area contributed by atoms with Crippen molar-refractivity contribution in [3.05, 3.63) is 0 Å². The molecule has 5 N–H and O–H groups in total. The van der Waals surface area contributed by atoms with Crippen LogP contribution in [0.5, 0.6) is 0 Å². The summed E-state index contributed by atoms with van der Waals surface area (Å²) >= 11 is 0. The zero-order valence-corrected chi connectivity index (χ0v) is 9.97. The van der Waals surface area contributed by atoms with Gasteiger partial charge in [-0.2, -0.15) is 0 Å². The Balaban J connectivity index is -0.000000270. The molecular weight excluding hydrogens is 386 g/mol. The molecule has 1 heterocycles. The van der Waals surface area contributed by atoms with E-state index in [1.165, 1.54) is 0 Å². The molecule has 0 aromatic carbocycles. The van der Waals surface area contributed by atoms with Gasteiger partial charge in [-0.25, -0.2) is 0 Å². The fraction of sp³-hybridized carbons (Fsp3) is 1.00. The quantitative estimate of drug-likeness (QED) is 0.354. The van der Waals surface area contributed by atoms with Gasteiger partial charge in [-0.1, -0.05) is 0 Å². The van der Waals surface area contributed by atoms with Crippen LogP contribution in [0.1, 0.15) is 0 Å². The number of aliphatic hydroxyl groups is 2. The van der Waals surface area contributed by atoms with E-state index in [1.807, 2.05) is 0 Å². The van der Waals surface area contributed by atoms with Crippen molar-refractivity contribution in [2.45, 2.75) is 18.2 Å². The van der Waals surface area contributed by atoms with Gasteiger partial charge in [0.2, 0.25) is 0 Å². The van der Waals surface area contributed by atoms with Crippen molar-refractivity contribution < 1.29 is 56.1 Å². The van der Waals surface area contributed by atoms with Crippen molar-refractivity contribution in [3.8, 4) is 0 Å². The Morgan fingerprint density at radius 3 is 2.00 bits per heavy atom. The Labute approximate surface area is 98.4 Å². The third kappa shape index (κ3) is 4.37. The summed E-state index contributed by atoms with van der Waals surface area (Å²) in [7, 11) is 0. The van der Waals surface area contributed by atoms with E-state index < -0.39 is 12.2 Å². The van der Waals surface area contributed by atoms with Crippen LogP contribution in [0.3, 0.4) is 0 Å². The van der Waals surface area contributed by atoms with E-state index in [0.717, 1.165) is 0 Å². The molecule has 1 saturated heterocycles. The van der Waals surface area contributed by atoms with Crippen molar-refractivity contribution in [1.82, 2.24) is 5.32 Å². The van der Waals surface area contributed by atoms with Gasteiger partial charge in [-0.05, 0) is 0 Å². The van der Waals surface area contributed by atoms with E-state index in [-0.39, 0.29) is 51.9 Å². The van der Waals surface area contributed by atoms with Gasteiger partial charge in [0.25, 0.3) is 0 Å². The van der Waals surface area contributed by atoms with Gasteiger partial charge in [-0.3, -0.25) is 0 Å². The topological polar surface area (TPSA) is 78.5 Å². The van der Waals surface area contributed by atoms with Gasteiger partial charge >= 0.3 is 21.1 Å². The Hall–Kier alpha value is 1.11. The number of rotatable bonds is 1. The zero-order valence-electron chi connectivity index (χ0n) is 6.19. The molecule has 7 heteroatoms. The summed E-state index contributed by atoms with van der Waals surface area (Å²) in [5, 5.41) is 20.9. The van der Waals surface area contributed by atoms with E-state index in [1.54, 1.807) is 0 Å². The van der Waals surface area contributed by atoms with Gasteiger partial charge in [-0.15, -0.1) is 0 Å². The SMILES string of the molecule is NC[C@@H]1NC[C@H](O)[C@@H]1O.[Cl-].[Cl-].[Pt+2]. The number of halogens is 2. The molecule has 0 bridgehead atoms. The molecule has 1 aliphatic heterocycles. The molecule has 0 aliphatic carbocycles. The van der Waals surface area contributed by atoms with Crippen LogP contribution in [-0.2, 0) is 21.1 Å². The van der Waals surface area contributed by atoms with Crippen LogP contribution in [-0.4, -0.2) is 41.6 Å². The first-order valence-corrected chi connectivity index (χ1v) is 3.05. The molecule has 1 fully saturated rings. The molecule has 0 aromatic heterocycles. The van der Waals surface area contributed by atoms with Gasteiger partial charge in [0.15, 0.2) is 0 Å². The monoisotopic (exact) mass is 397 g/mol. The summed E-state index contributed by atoms with van der Waals surface area (Å²) in [6, 6.07) is -0.125. The number of β-amino-alcohol motifs (C(OH)–C–C–N with tert-alkyl or cyclic N) is 1. The summed E-state index contributed by atoms with van der Waals surface area (Å²) in [6.07, 6.45) is -1.33. The largest absolute Gasteiger partial charge is 2.00 e. The third-order valence-electron chi connectivity index (χ3n) is 1.65. The Morgan fingerprint density at radius 2 is 1.83 bits per heavy atom. The van der Waals surface area contributed by atoms with Gasteiger partial charge in [0.05, 0.1) is 12.2 Å². The second-order valence-electron chi connectivity index (χ2n) is 2.31. The molecule has 0 radical (unpaired) electrons. The predicted molar refractivity (Wildman–Crippen MR) is 32.9 cm³/mol. The minimum absolute atomic E-state index is 0. The first kappa shape index (κ1) is 18.8. The molecule has 1 rings (SSSR count). The summed E-state index contributed by atoms with van der Waals surface area (Å²) in [6.45, 7) is 0.821. The van der Waals surface area contributed by atoms with Crippen LogP contribution >= 0.6 is 0 Å². The Bertz CT molecular complexity index is 111. The molecule has 3 atom stereocenters. The minimum atomic E-state index is -0.685. The molecule has 12 heavy (non-hydrogen) atoms. The Morgan fingerprint density at radius 1 is 1.33 bits per heavy atom. The van der Waals surface area contributed by atoms with Crippen molar-refractivity contribution >= 4 is 0 Å². The summed E-state index contributed by atoms with van der Waals surface area (Å²) in [5.74, 6) is 0. The summed E-state index contributed by atoms with van der Waals surface area (Å²) < 4.78 is 0. The van der Waals surface area contributed by atoms with Gasteiger partial charge < -0.3 is 46.1 Å². The molecule has 4 nitrogen and oxygen atoms in total. The van der Waals surface area contributed by atoms with Crippen LogP contribution in [0.25, 0.3) is 0 Å². The van der Waals surface area contributed by atoms with Crippen molar-refractivity contribution in [2.24, 2.45) is 5.73 Å². The second kappa shape index (κ2) is 8.70. The van der Waals surface area contributed by atoms with Crippen LogP contribution in [0.4, 0.5) is 0 Å². The number of nitrogens with two attached hydrogens (primary N) is 1. The molecule has 0 aromatic rings. The van der Waals surface area contributed by atoms with E-state index >= 15 is 0 Å². The van der Waals surface area contributed by atoms with E-state index in [0.29, 0.717) is 13.1 Å². The van der Waals surface area contributed by atoms with Crippen molar-refractivity contribution in [3.63, 3.8) is 0 Å². The molecule has 78 valence electrons. The van der Waals surface area contributed by atoms with Crippen LogP contribution < -0.4 is 35.9 Å². The van der Waals surface area contributed by atoms with Gasteiger partial charge in [0.1, 0.15) is 0 Å². The van der Waals surface area contributed by atoms with E-state index in [2.05, 4.69) is 5.32 Å². The third-order valence-corrected chi connectivity index (χ3v) is 1.65. The van der Waals surface area contributed by atoms with Crippen molar-refractivity contribution in [1.29, 1.82) is 0 Å². The zero-order chi connectivity index (χ0) is 6.85. The average Bonchev–Trinajstić information content (AvgIpc) is 2.15. The number of hydrogen-bond acceptors (Lipinski definition) is 4. The molecule has 1 aliphatic rings. The van der Waals surface area contributed by atoms with E-state index in [4.69, 9.17) is 15.9 Å². The molecular formula is C5H12Cl2N2O2Pt. The fourth-order valence-corrected chi connectivity index (χ4v) is 1.00. The minimum Gasteiger partial charge on any atom is -1.00 e. The predicted octanol–water partition coefficient (Wildman–Crippen LogP) is -8.36. The molecule has 0 unspecified atom stereocenters. The average molecular weight is 398 g/mol. The first-order chi connectivity index (χ1) is 4.25. The van der Waals surface area contributed by atoms with Crippen LogP contribution in [0.2, 0.25) is 0 Å².